The number of nitrogens with zero attached hydrogens (tertiary/aromatic N) is 2. The van der Waals surface area contributed by atoms with Gasteiger partial charge in [0.25, 0.3) is 5.56 Å². The summed E-state index contributed by atoms with van der Waals surface area (Å²) in [5.41, 5.74) is 4.34. The van der Waals surface area contributed by atoms with Gasteiger partial charge in [-0.05, 0) is 20.3 Å². The Balaban J connectivity index is 3.08. The first-order valence-corrected chi connectivity index (χ1v) is 6.29. The zero-order chi connectivity index (χ0) is 14.6. The third-order valence-electron chi connectivity index (χ3n) is 2.93. The molecule has 106 valence electrons. The van der Waals surface area contributed by atoms with Gasteiger partial charge in [-0.3, -0.25) is 14.2 Å². The molecule has 0 spiro atoms. The number of carbonyl (C=O) groups is 1. The van der Waals surface area contributed by atoms with E-state index in [-0.39, 0.29) is 24.2 Å². The van der Waals surface area contributed by atoms with Crippen LogP contribution in [0, 0.1) is 0 Å². The fourth-order valence-corrected chi connectivity index (χ4v) is 1.61. The highest BCUT2D eigenvalue weighted by Gasteiger charge is 2.13. The molecule has 1 amide bonds. The third-order valence-corrected chi connectivity index (χ3v) is 2.93. The van der Waals surface area contributed by atoms with Crippen molar-refractivity contribution in [2.24, 2.45) is 0 Å². The van der Waals surface area contributed by atoms with Crippen LogP contribution < -0.4 is 22.3 Å². The number of carbonyl (C=O) groups excluding carboxylic acids is 1. The normalized spacial score (nSPS) is 12.2. The lowest BCUT2D eigenvalue weighted by Gasteiger charge is -2.13. The van der Waals surface area contributed by atoms with Crippen molar-refractivity contribution in [1.82, 2.24) is 14.5 Å². The number of amides is 1. The van der Waals surface area contributed by atoms with Crippen LogP contribution >= 0.6 is 0 Å². The first kappa shape index (κ1) is 15.0. The Morgan fingerprint density at radius 1 is 1.42 bits per heavy atom. The lowest BCUT2D eigenvalue weighted by atomic mass is 10.2. The lowest BCUT2D eigenvalue weighted by molar-refractivity contribution is -0.122. The monoisotopic (exact) mass is 268 g/mol. The highest BCUT2D eigenvalue weighted by molar-refractivity contribution is 5.76. The molecule has 7 nitrogen and oxygen atoms in total. The van der Waals surface area contributed by atoms with E-state index in [1.165, 1.54) is 10.8 Å². The first-order chi connectivity index (χ1) is 8.90. The van der Waals surface area contributed by atoms with Crippen molar-refractivity contribution in [2.45, 2.75) is 46.3 Å². The van der Waals surface area contributed by atoms with E-state index in [4.69, 9.17) is 5.73 Å². The topological polar surface area (TPSA) is 99.1 Å². The molecule has 0 fully saturated rings. The highest BCUT2D eigenvalue weighted by atomic mass is 16.2. The Kier molecular flexibility index (Phi) is 4.91. The number of aromatic nitrogens is 2. The van der Waals surface area contributed by atoms with Gasteiger partial charge in [-0.2, -0.15) is 0 Å². The van der Waals surface area contributed by atoms with Gasteiger partial charge in [0.2, 0.25) is 5.91 Å². The molecule has 1 aromatic rings. The lowest BCUT2D eigenvalue weighted by Crippen LogP contribution is -2.45. The van der Waals surface area contributed by atoms with Crippen molar-refractivity contribution >= 4 is 11.6 Å². The van der Waals surface area contributed by atoms with Gasteiger partial charge < -0.3 is 11.1 Å². The van der Waals surface area contributed by atoms with Crippen molar-refractivity contribution in [2.75, 3.05) is 5.73 Å². The number of rotatable bonds is 5. The second-order valence-corrected chi connectivity index (χ2v) is 4.42. The van der Waals surface area contributed by atoms with Crippen LogP contribution in [-0.4, -0.2) is 21.1 Å². The largest absolute Gasteiger partial charge is 0.393 e. The van der Waals surface area contributed by atoms with Crippen LogP contribution in [0.2, 0.25) is 0 Å². The van der Waals surface area contributed by atoms with E-state index in [1.54, 1.807) is 6.92 Å². The molecule has 0 saturated heterocycles. The summed E-state index contributed by atoms with van der Waals surface area (Å²) in [5.74, 6) is -0.373. The highest BCUT2D eigenvalue weighted by Crippen LogP contribution is 1.91. The average Bonchev–Trinajstić information content (AvgIpc) is 2.38. The zero-order valence-electron chi connectivity index (χ0n) is 11.5. The molecule has 0 bridgehead atoms. The first-order valence-electron chi connectivity index (χ1n) is 6.29. The van der Waals surface area contributed by atoms with Gasteiger partial charge in [0.15, 0.2) is 0 Å². The van der Waals surface area contributed by atoms with Crippen molar-refractivity contribution in [3.05, 3.63) is 27.0 Å². The quantitative estimate of drug-likeness (QED) is 0.754. The molecule has 1 atom stereocenters. The number of hydrogen-bond acceptors (Lipinski definition) is 4. The summed E-state index contributed by atoms with van der Waals surface area (Å²) in [6.07, 6.45) is 2.07. The molecule has 1 rings (SSSR count). The second-order valence-electron chi connectivity index (χ2n) is 4.42. The van der Waals surface area contributed by atoms with Crippen LogP contribution in [-0.2, 0) is 17.9 Å². The van der Waals surface area contributed by atoms with E-state index >= 15 is 0 Å². The Morgan fingerprint density at radius 2 is 2.05 bits per heavy atom. The van der Waals surface area contributed by atoms with Gasteiger partial charge in [-0.25, -0.2) is 9.36 Å². The second kappa shape index (κ2) is 6.21. The van der Waals surface area contributed by atoms with Crippen molar-refractivity contribution < 1.29 is 4.79 Å². The van der Waals surface area contributed by atoms with Gasteiger partial charge in [0, 0.05) is 18.8 Å². The summed E-state index contributed by atoms with van der Waals surface area (Å²) < 4.78 is 2.16. The molecule has 3 N–H and O–H groups in total. The molecule has 0 aliphatic carbocycles. The Bertz CT molecular complexity index is 573. The van der Waals surface area contributed by atoms with Gasteiger partial charge in [-0.15, -0.1) is 0 Å². The molecule has 1 unspecified atom stereocenters. The molecule has 7 heteroatoms. The minimum Gasteiger partial charge on any atom is -0.393 e. The molecular weight excluding hydrogens is 248 g/mol. The summed E-state index contributed by atoms with van der Waals surface area (Å²) in [6.45, 7) is 5.62. The maximum atomic E-state index is 12.0. The van der Waals surface area contributed by atoms with Gasteiger partial charge in [-0.1, -0.05) is 6.92 Å². The van der Waals surface area contributed by atoms with E-state index in [0.717, 1.165) is 11.0 Å². The van der Waals surface area contributed by atoms with E-state index in [2.05, 4.69) is 5.32 Å². The summed E-state index contributed by atoms with van der Waals surface area (Å²) in [7, 11) is 0. The molecule has 0 radical (unpaired) electrons. The minimum absolute atomic E-state index is 0.00216. The maximum Gasteiger partial charge on any atom is 0.331 e. The summed E-state index contributed by atoms with van der Waals surface area (Å²) >= 11 is 0. The van der Waals surface area contributed by atoms with Crippen molar-refractivity contribution in [3.8, 4) is 0 Å². The Labute approximate surface area is 111 Å². The van der Waals surface area contributed by atoms with Crippen LogP contribution in [0.4, 0.5) is 5.69 Å². The van der Waals surface area contributed by atoms with E-state index in [1.807, 2.05) is 13.8 Å². The molecule has 0 saturated carbocycles. The molecular formula is C12H20N4O3. The van der Waals surface area contributed by atoms with Gasteiger partial charge in [0.05, 0.1) is 0 Å². The number of nitrogens with two attached hydrogens (primary N) is 1. The summed E-state index contributed by atoms with van der Waals surface area (Å²) in [6, 6.07) is -0.00216. The minimum atomic E-state index is -0.631. The summed E-state index contributed by atoms with van der Waals surface area (Å²) in [4.78, 5) is 35.5. The zero-order valence-corrected chi connectivity index (χ0v) is 11.5. The van der Waals surface area contributed by atoms with E-state index in [9.17, 15) is 14.4 Å². The van der Waals surface area contributed by atoms with Crippen LogP contribution in [0.3, 0.4) is 0 Å². The van der Waals surface area contributed by atoms with E-state index < -0.39 is 11.2 Å². The molecule has 1 aromatic heterocycles. The predicted molar refractivity (Wildman–Crippen MR) is 72.9 cm³/mol. The molecule has 1 heterocycles. The molecule has 0 aliphatic heterocycles. The maximum absolute atomic E-state index is 12.0. The van der Waals surface area contributed by atoms with Gasteiger partial charge in [0.1, 0.15) is 12.2 Å². The van der Waals surface area contributed by atoms with Crippen LogP contribution in [0.1, 0.15) is 27.2 Å². The summed E-state index contributed by atoms with van der Waals surface area (Å²) in [5, 5.41) is 2.70. The predicted octanol–water partition coefficient (Wildman–Crippen LogP) is -0.473. The van der Waals surface area contributed by atoms with E-state index in [0.29, 0.717) is 6.54 Å². The smallest absolute Gasteiger partial charge is 0.331 e. The molecule has 19 heavy (non-hydrogen) atoms. The molecule has 0 aromatic carbocycles. The molecule has 0 aliphatic rings. The van der Waals surface area contributed by atoms with Crippen molar-refractivity contribution in [1.29, 1.82) is 0 Å². The number of hydrogen-bond donors (Lipinski definition) is 2. The Hall–Kier alpha value is -2.05. The van der Waals surface area contributed by atoms with Crippen LogP contribution in [0.25, 0.3) is 0 Å². The fourth-order valence-electron chi connectivity index (χ4n) is 1.61. The fraction of sp³-hybridized carbons (Fsp3) is 0.583. The SMILES string of the molecule is CCC(C)NC(=O)Cn1c(=O)c(N)cn(CC)c1=O. The average molecular weight is 268 g/mol. The van der Waals surface area contributed by atoms with Crippen molar-refractivity contribution in [3.63, 3.8) is 0 Å². The number of nitrogen functional groups attached to an aromatic ring is 1. The van der Waals surface area contributed by atoms with Gasteiger partial charge >= 0.3 is 5.69 Å². The standard InChI is InChI=1S/C12H20N4O3/c1-4-8(3)14-10(17)7-16-11(18)9(13)6-15(5-2)12(16)19/h6,8H,4-5,7,13H2,1-3H3,(H,14,17). The van der Waals surface area contributed by atoms with Crippen LogP contribution in [0.15, 0.2) is 15.8 Å². The number of anilines is 1. The Morgan fingerprint density at radius 3 is 2.58 bits per heavy atom. The number of nitrogens with one attached hydrogen (secondary N) is 1. The van der Waals surface area contributed by atoms with Crippen LogP contribution in [0.5, 0.6) is 0 Å². The third kappa shape index (κ3) is 3.46. The number of aryl methyl sites for hydroxylation is 1.